The average molecular weight is 158 g/mol. The Bertz CT molecular complexity index is 186. The van der Waals surface area contributed by atoms with E-state index in [1.165, 1.54) is 11.3 Å². The van der Waals surface area contributed by atoms with Crippen molar-refractivity contribution in [2.24, 2.45) is 5.73 Å². The molecule has 2 atom stereocenters. The predicted octanol–water partition coefficient (Wildman–Crippen LogP) is 0.524. The van der Waals surface area contributed by atoms with Gasteiger partial charge in [-0.2, -0.15) is 0 Å². The fourth-order valence-corrected chi connectivity index (χ4v) is 1.34. The summed E-state index contributed by atoms with van der Waals surface area (Å²) in [6, 6.07) is -0.333. The van der Waals surface area contributed by atoms with Crippen molar-refractivity contribution in [3.63, 3.8) is 0 Å². The largest absolute Gasteiger partial charge is 0.391 e. The molecule has 0 aliphatic heterocycles. The topological polar surface area (TPSA) is 59.1 Å². The van der Waals surface area contributed by atoms with Crippen LogP contribution in [0.4, 0.5) is 0 Å². The molecule has 2 unspecified atom stereocenters. The van der Waals surface area contributed by atoms with Crippen LogP contribution in [-0.4, -0.2) is 16.2 Å². The third kappa shape index (κ3) is 1.53. The molecule has 0 amide bonds. The monoisotopic (exact) mass is 158 g/mol. The molecule has 56 valence electrons. The summed E-state index contributed by atoms with van der Waals surface area (Å²) in [7, 11) is 0. The molecule has 3 nitrogen and oxygen atoms in total. The van der Waals surface area contributed by atoms with Crippen LogP contribution < -0.4 is 5.73 Å². The van der Waals surface area contributed by atoms with Crippen molar-refractivity contribution in [1.29, 1.82) is 0 Å². The van der Waals surface area contributed by atoms with E-state index in [0.717, 1.165) is 5.01 Å². The summed E-state index contributed by atoms with van der Waals surface area (Å²) in [5.74, 6) is 0. The molecule has 0 aliphatic rings. The van der Waals surface area contributed by atoms with Gasteiger partial charge in [-0.1, -0.05) is 0 Å². The van der Waals surface area contributed by atoms with E-state index in [-0.39, 0.29) is 6.04 Å². The highest BCUT2D eigenvalue weighted by molar-refractivity contribution is 7.09. The van der Waals surface area contributed by atoms with Gasteiger partial charge >= 0.3 is 0 Å². The van der Waals surface area contributed by atoms with Crippen molar-refractivity contribution in [2.45, 2.75) is 19.1 Å². The van der Waals surface area contributed by atoms with Gasteiger partial charge < -0.3 is 10.8 Å². The molecular formula is C6H10N2OS. The second-order valence-electron chi connectivity index (χ2n) is 2.14. The molecular weight excluding hydrogens is 148 g/mol. The smallest absolute Gasteiger partial charge is 0.112 e. The number of hydrogen-bond acceptors (Lipinski definition) is 4. The third-order valence-corrected chi connectivity index (χ3v) is 2.13. The lowest BCUT2D eigenvalue weighted by Crippen LogP contribution is -2.22. The number of hydrogen-bond donors (Lipinski definition) is 2. The molecule has 4 heteroatoms. The quantitative estimate of drug-likeness (QED) is 0.659. The van der Waals surface area contributed by atoms with Crippen LogP contribution in [0.25, 0.3) is 0 Å². The molecule has 0 fully saturated rings. The van der Waals surface area contributed by atoms with Crippen LogP contribution in [0.2, 0.25) is 0 Å². The Hall–Kier alpha value is -0.450. The molecule has 0 aromatic carbocycles. The van der Waals surface area contributed by atoms with E-state index in [9.17, 15) is 0 Å². The van der Waals surface area contributed by atoms with Gasteiger partial charge in [0.25, 0.3) is 0 Å². The fraction of sp³-hybridized carbons (Fsp3) is 0.500. The van der Waals surface area contributed by atoms with Gasteiger partial charge in [0.1, 0.15) is 5.01 Å². The number of aromatic nitrogens is 1. The number of aliphatic hydroxyl groups is 1. The minimum Gasteiger partial charge on any atom is -0.391 e. The summed E-state index contributed by atoms with van der Waals surface area (Å²) in [5.41, 5.74) is 5.58. The van der Waals surface area contributed by atoms with E-state index in [2.05, 4.69) is 4.98 Å². The van der Waals surface area contributed by atoms with Crippen molar-refractivity contribution in [3.05, 3.63) is 16.6 Å². The van der Waals surface area contributed by atoms with Crippen molar-refractivity contribution >= 4 is 11.3 Å². The second-order valence-corrected chi connectivity index (χ2v) is 3.06. The van der Waals surface area contributed by atoms with Gasteiger partial charge in [-0.3, -0.25) is 0 Å². The molecule has 1 rings (SSSR count). The van der Waals surface area contributed by atoms with Gasteiger partial charge in [0.05, 0.1) is 12.1 Å². The highest BCUT2D eigenvalue weighted by Gasteiger charge is 2.13. The number of rotatable bonds is 2. The first-order chi connectivity index (χ1) is 4.72. The highest BCUT2D eigenvalue weighted by atomic mass is 32.1. The Labute approximate surface area is 63.5 Å². The molecule has 0 spiro atoms. The molecule has 0 radical (unpaired) electrons. The molecule has 0 saturated carbocycles. The zero-order valence-electron chi connectivity index (χ0n) is 5.69. The van der Waals surface area contributed by atoms with E-state index in [0.29, 0.717) is 0 Å². The maximum Gasteiger partial charge on any atom is 0.112 e. The van der Waals surface area contributed by atoms with E-state index in [1.807, 2.05) is 5.38 Å². The van der Waals surface area contributed by atoms with Crippen molar-refractivity contribution in [1.82, 2.24) is 4.98 Å². The van der Waals surface area contributed by atoms with Crippen LogP contribution >= 0.6 is 11.3 Å². The Balaban J connectivity index is 2.68. The highest BCUT2D eigenvalue weighted by Crippen LogP contribution is 2.15. The summed E-state index contributed by atoms with van der Waals surface area (Å²) in [6.07, 6.45) is 1.16. The van der Waals surface area contributed by atoms with Gasteiger partial charge in [0.15, 0.2) is 0 Å². The van der Waals surface area contributed by atoms with Gasteiger partial charge in [-0.15, -0.1) is 11.3 Å². The zero-order valence-corrected chi connectivity index (χ0v) is 6.51. The first-order valence-corrected chi connectivity index (χ1v) is 3.93. The molecule has 0 bridgehead atoms. The van der Waals surface area contributed by atoms with Gasteiger partial charge in [0, 0.05) is 11.6 Å². The number of nitrogens with zero attached hydrogens (tertiary/aromatic N) is 1. The van der Waals surface area contributed by atoms with E-state index >= 15 is 0 Å². The molecule has 1 aromatic rings. The standard InChI is InChI=1S/C6H10N2OS/c1-4(9)5(7)6-8-2-3-10-6/h2-5,9H,7H2,1H3. The molecule has 1 aromatic heterocycles. The lowest BCUT2D eigenvalue weighted by atomic mass is 10.2. The number of nitrogens with two attached hydrogens (primary N) is 1. The van der Waals surface area contributed by atoms with Gasteiger partial charge in [0.2, 0.25) is 0 Å². The van der Waals surface area contributed by atoms with Crippen LogP contribution in [0, 0.1) is 0 Å². The Morgan fingerprint density at radius 3 is 2.90 bits per heavy atom. The Kier molecular flexibility index (Phi) is 2.37. The summed E-state index contributed by atoms with van der Waals surface area (Å²) < 4.78 is 0. The second kappa shape index (κ2) is 3.09. The van der Waals surface area contributed by atoms with Gasteiger partial charge in [-0.25, -0.2) is 4.98 Å². The maximum atomic E-state index is 9.03. The summed E-state index contributed by atoms with van der Waals surface area (Å²) in [5, 5.41) is 11.7. The van der Waals surface area contributed by atoms with E-state index in [4.69, 9.17) is 10.8 Å². The molecule has 0 aliphatic carbocycles. The molecule has 10 heavy (non-hydrogen) atoms. The Morgan fingerprint density at radius 2 is 2.50 bits per heavy atom. The number of thiazole rings is 1. The summed E-state index contributed by atoms with van der Waals surface area (Å²) in [4.78, 5) is 3.97. The first-order valence-electron chi connectivity index (χ1n) is 3.05. The molecule has 0 saturated heterocycles. The third-order valence-electron chi connectivity index (χ3n) is 1.26. The summed E-state index contributed by atoms with van der Waals surface area (Å²) >= 11 is 1.46. The van der Waals surface area contributed by atoms with Crippen LogP contribution in [0.5, 0.6) is 0 Å². The Morgan fingerprint density at radius 1 is 1.80 bits per heavy atom. The van der Waals surface area contributed by atoms with Gasteiger partial charge in [-0.05, 0) is 6.92 Å². The van der Waals surface area contributed by atoms with Crippen LogP contribution in [0.3, 0.4) is 0 Å². The number of aliphatic hydroxyl groups excluding tert-OH is 1. The maximum absolute atomic E-state index is 9.03. The van der Waals surface area contributed by atoms with E-state index < -0.39 is 6.10 Å². The van der Waals surface area contributed by atoms with Crippen molar-refractivity contribution in [3.8, 4) is 0 Å². The minimum atomic E-state index is -0.522. The van der Waals surface area contributed by atoms with Crippen LogP contribution in [0.15, 0.2) is 11.6 Å². The van der Waals surface area contributed by atoms with Crippen LogP contribution in [-0.2, 0) is 0 Å². The lowest BCUT2D eigenvalue weighted by molar-refractivity contribution is 0.164. The minimum absolute atomic E-state index is 0.333. The lowest BCUT2D eigenvalue weighted by Gasteiger charge is -2.10. The van der Waals surface area contributed by atoms with Crippen molar-refractivity contribution < 1.29 is 5.11 Å². The average Bonchev–Trinajstić information content (AvgIpc) is 2.36. The normalized spacial score (nSPS) is 16.7. The van der Waals surface area contributed by atoms with E-state index in [1.54, 1.807) is 13.1 Å². The van der Waals surface area contributed by atoms with Crippen molar-refractivity contribution in [2.75, 3.05) is 0 Å². The zero-order chi connectivity index (χ0) is 7.56. The fourth-order valence-electron chi connectivity index (χ4n) is 0.605. The molecule has 1 heterocycles. The van der Waals surface area contributed by atoms with Crippen LogP contribution in [0.1, 0.15) is 18.0 Å². The SMILES string of the molecule is CC(O)C(N)c1nccs1. The predicted molar refractivity (Wildman–Crippen MR) is 40.7 cm³/mol. The molecule has 3 N–H and O–H groups in total. The summed E-state index contributed by atoms with van der Waals surface area (Å²) in [6.45, 7) is 1.66. The first kappa shape index (κ1) is 7.65.